The number of aromatic nitrogens is 2. The normalized spacial score (nSPS) is 14.9. The van der Waals surface area contributed by atoms with Crippen molar-refractivity contribution in [3.63, 3.8) is 0 Å². The number of benzene rings is 1. The number of ketones is 1. The molecule has 0 aliphatic carbocycles. The number of rotatable bonds is 4. The molecule has 0 bridgehead atoms. The van der Waals surface area contributed by atoms with Crippen molar-refractivity contribution < 1.29 is 14.3 Å². The van der Waals surface area contributed by atoms with Gasteiger partial charge in [-0.25, -0.2) is 9.97 Å². The first-order valence-corrected chi connectivity index (χ1v) is 10.9. The number of aryl methyl sites for hydroxylation is 3. The molecule has 4 rings (SSSR count). The number of methoxy groups -OCH3 is 1. The maximum absolute atomic E-state index is 13.2. The third kappa shape index (κ3) is 3.69. The second-order valence-electron chi connectivity index (χ2n) is 7.75. The number of fused-ring (bicyclic) bond motifs is 1. The van der Waals surface area contributed by atoms with Crippen molar-refractivity contribution in [3.8, 4) is 5.75 Å². The van der Waals surface area contributed by atoms with Crippen molar-refractivity contribution in [3.05, 3.63) is 51.8 Å². The highest BCUT2D eigenvalue weighted by Gasteiger charge is 2.30. The third-order valence-electron chi connectivity index (χ3n) is 5.80. The summed E-state index contributed by atoms with van der Waals surface area (Å²) >= 11 is 1.44. The van der Waals surface area contributed by atoms with Gasteiger partial charge in [0.25, 0.3) is 5.91 Å². The van der Waals surface area contributed by atoms with E-state index in [1.165, 1.54) is 11.3 Å². The summed E-state index contributed by atoms with van der Waals surface area (Å²) in [5.41, 5.74) is 2.56. The summed E-state index contributed by atoms with van der Waals surface area (Å²) in [6.45, 7) is 6.97. The van der Waals surface area contributed by atoms with E-state index in [2.05, 4.69) is 9.97 Å². The molecule has 0 N–H and O–H groups in total. The number of likely N-dealkylation sites (tertiary alicyclic amines) is 1. The number of piperidine rings is 1. The van der Waals surface area contributed by atoms with Crippen LogP contribution >= 0.6 is 11.3 Å². The molecule has 0 spiro atoms. The van der Waals surface area contributed by atoms with E-state index < -0.39 is 0 Å². The topological polar surface area (TPSA) is 72.4 Å². The van der Waals surface area contributed by atoms with Crippen LogP contribution in [0.5, 0.6) is 5.75 Å². The summed E-state index contributed by atoms with van der Waals surface area (Å²) in [7, 11) is 1.61. The van der Waals surface area contributed by atoms with Crippen molar-refractivity contribution in [2.24, 2.45) is 5.92 Å². The monoisotopic (exact) mass is 423 g/mol. The molecule has 7 heteroatoms. The molecule has 3 heterocycles. The zero-order valence-electron chi connectivity index (χ0n) is 17.7. The van der Waals surface area contributed by atoms with Gasteiger partial charge in [0.15, 0.2) is 5.78 Å². The molecule has 1 saturated heterocycles. The average molecular weight is 424 g/mol. The van der Waals surface area contributed by atoms with Gasteiger partial charge < -0.3 is 9.64 Å². The quantitative estimate of drug-likeness (QED) is 0.583. The largest absolute Gasteiger partial charge is 0.497 e. The van der Waals surface area contributed by atoms with Crippen molar-refractivity contribution in [2.75, 3.05) is 20.2 Å². The van der Waals surface area contributed by atoms with Gasteiger partial charge in [-0.2, -0.15) is 0 Å². The van der Waals surface area contributed by atoms with Gasteiger partial charge in [0, 0.05) is 35.7 Å². The molecule has 2 aromatic heterocycles. The molecule has 6 nitrogen and oxygen atoms in total. The van der Waals surface area contributed by atoms with Crippen LogP contribution in [0, 0.1) is 26.7 Å². The summed E-state index contributed by atoms with van der Waals surface area (Å²) in [5, 5.41) is 0.985. The van der Waals surface area contributed by atoms with Gasteiger partial charge >= 0.3 is 0 Å². The molecule has 1 aliphatic heterocycles. The number of ether oxygens (including phenoxy) is 1. The number of Topliss-reactive ketones (excluding diaryl/α,β-unsaturated/α-hetero) is 1. The zero-order chi connectivity index (χ0) is 21.4. The zero-order valence-corrected chi connectivity index (χ0v) is 18.5. The van der Waals surface area contributed by atoms with Crippen molar-refractivity contribution >= 4 is 33.2 Å². The predicted molar refractivity (Wildman–Crippen MR) is 118 cm³/mol. The third-order valence-corrected chi connectivity index (χ3v) is 6.98. The average Bonchev–Trinajstić information content (AvgIpc) is 3.09. The van der Waals surface area contributed by atoms with Crippen LogP contribution in [-0.2, 0) is 0 Å². The van der Waals surface area contributed by atoms with Crippen LogP contribution in [0.1, 0.15) is 50.0 Å². The highest BCUT2D eigenvalue weighted by atomic mass is 32.1. The molecule has 0 saturated carbocycles. The Labute approximate surface area is 179 Å². The second-order valence-corrected chi connectivity index (χ2v) is 8.75. The first kappa shape index (κ1) is 20.5. The first-order valence-electron chi connectivity index (χ1n) is 10.1. The summed E-state index contributed by atoms with van der Waals surface area (Å²) < 4.78 is 5.16. The SMILES string of the molecule is COc1ccc(C(=O)C2CCN(C(=O)c3sc4nc(C)nc(C)c4c3C)CC2)cc1. The lowest BCUT2D eigenvalue weighted by Gasteiger charge is -2.31. The summed E-state index contributed by atoms with van der Waals surface area (Å²) in [6, 6.07) is 7.24. The minimum absolute atomic E-state index is 0.0305. The molecule has 1 aliphatic rings. The van der Waals surface area contributed by atoms with Crippen LogP contribution in [0.15, 0.2) is 24.3 Å². The van der Waals surface area contributed by atoms with Crippen LogP contribution in [0.2, 0.25) is 0 Å². The fourth-order valence-electron chi connectivity index (χ4n) is 4.16. The highest BCUT2D eigenvalue weighted by molar-refractivity contribution is 7.20. The smallest absolute Gasteiger partial charge is 0.264 e. The van der Waals surface area contributed by atoms with Gasteiger partial charge in [0.05, 0.1) is 12.0 Å². The molecule has 0 radical (unpaired) electrons. The molecule has 156 valence electrons. The van der Waals surface area contributed by atoms with Crippen molar-refractivity contribution in [1.82, 2.24) is 14.9 Å². The lowest BCUT2D eigenvalue weighted by atomic mass is 9.88. The van der Waals surface area contributed by atoms with Crippen LogP contribution in [0.4, 0.5) is 0 Å². The molecule has 0 unspecified atom stereocenters. The van der Waals surface area contributed by atoms with Gasteiger partial charge in [0.1, 0.15) is 16.4 Å². The number of carbonyl (C=O) groups excluding carboxylic acids is 2. The first-order chi connectivity index (χ1) is 14.4. The van der Waals surface area contributed by atoms with Crippen molar-refractivity contribution in [2.45, 2.75) is 33.6 Å². The standard InChI is InChI=1S/C23H25N3O3S/c1-13-19-14(2)24-15(3)25-22(19)30-21(13)23(28)26-11-9-17(10-12-26)20(27)16-5-7-18(29-4)8-6-16/h5-8,17H,9-12H2,1-4H3. The van der Waals surface area contributed by atoms with Crippen LogP contribution in [0.25, 0.3) is 10.2 Å². The maximum Gasteiger partial charge on any atom is 0.264 e. The Morgan fingerprint density at radius 1 is 1.07 bits per heavy atom. The van der Waals surface area contributed by atoms with Crippen molar-refractivity contribution in [1.29, 1.82) is 0 Å². The summed E-state index contributed by atoms with van der Waals surface area (Å²) in [4.78, 5) is 38.4. The fourth-order valence-corrected chi connectivity index (χ4v) is 5.40. The van der Waals surface area contributed by atoms with Gasteiger partial charge in [0.2, 0.25) is 0 Å². The Kier molecular flexibility index (Phi) is 5.56. The summed E-state index contributed by atoms with van der Waals surface area (Å²) in [5.74, 6) is 1.58. The Bertz CT molecular complexity index is 1110. The minimum Gasteiger partial charge on any atom is -0.497 e. The fraction of sp³-hybridized carbons (Fsp3) is 0.391. The molecule has 1 amide bonds. The van der Waals surface area contributed by atoms with E-state index >= 15 is 0 Å². The lowest BCUT2D eigenvalue weighted by molar-refractivity contribution is 0.0654. The van der Waals surface area contributed by atoms with E-state index in [-0.39, 0.29) is 17.6 Å². The molecule has 1 fully saturated rings. The number of amides is 1. The van der Waals surface area contributed by atoms with E-state index in [4.69, 9.17) is 4.74 Å². The van der Waals surface area contributed by atoms with Gasteiger partial charge in [-0.1, -0.05) is 0 Å². The molecule has 3 aromatic rings. The van der Waals surface area contributed by atoms with E-state index in [1.54, 1.807) is 7.11 Å². The number of carbonyl (C=O) groups is 2. The van der Waals surface area contributed by atoms with Gasteiger partial charge in [-0.15, -0.1) is 11.3 Å². The number of hydrogen-bond donors (Lipinski definition) is 0. The lowest BCUT2D eigenvalue weighted by Crippen LogP contribution is -2.40. The van der Waals surface area contributed by atoms with Crippen LogP contribution in [0.3, 0.4) is 0 Å². The molecular formula is C23H25N3O3S. The van der Waals surface area contributed by atoms with Crippen LogP contribution in [-0.4, -0.2) is 46.8 Å². The van der Waals surface area contributed by atoms with E-state index in [0.717, 1.165) is 37.9 Å². The molecule has 1 aromatic carbocycles. The number of thiophene rings is 1. The Hall–Kier alpha value is -2.80. The highest BCUT2D eigenvalue weighted by Crippen LogP contribution is 2.33. The Morgan fingerprint density at radius 3 is 2.37 bits per heavy atom. The molecular weight excluding hydrogens is 398 g/mol. The van der Waals surface area contributed by atoms with E-state index in [9.17, 15) is 9.59 Å². The van der Waals surface area contributed by atoms with Crippen LogP contribution < -0.4 is 4.74 Å². The van der Waals surface area contributed by atoms with E-state index in [1.807, 2.05) is 49.9 Å². The molecule has 30 heavy (non-hydrogen) atoms. The summed E-state index contributed by atoms with van der Waals surface area (Å²) in [6.07, 6.45) is 1.36. The Balaban J connectivity index is 1.47. The van der Waals surface area contributed by atoms with Gasteiger partial charge in [-0.05, 0) is 63.4 Å². The Morgan fingerprint density at radius 2 is 1.73 bits per heavy atom. The number of hydrogen-bond acceptors (Lipinski definition) is 6. The van der Waals surface area contributed by atoms with Gasteiger partial charge in [-0.3, -0.25) is 9.59 Å². The van der Waals surface area contributed by atoms with E-state index in [0.29, 0.717) is 31.5 Å². The second kappa shape index (κ2) is 8.14. The maximum atomic E-state index is 13.2. The molecule has 0 atom stereocenters. The minimum atomic E-state index is -0.0540. The predicted octanol–water partition coefficient (Wildman–Crippen LogP) is 4.36. The number of nitrogens with zero attached hydrogens (tertiary/aromatic N) is 3.